The highest BCUT2D eigenvalue weighted by atomic mass is 16.5. The van der Waals surface area contributed by atoms with Crippen molar-refractivity contribution in [3.8, 4) is 0 Å². The van der Waals surface area contributed by atoms with E-state index in [9.17, 15) is 4.79 Å². The first kappa shape index (κ1) is 15.0. The lowest BCUT2D eigenvalue weighted by Crippen LogP contribution is -2.38. The van der Waals surface area contributed by atoms with E-state index in [1.165, 1.54) is 0 Å². The molecule has 1 aliphatic heterocycles. The van der Waals surface area contributed by atoms with Crippen LogP contribution in [-0.2, 0) is 16.1 Å². The Morgan fingerprint density at radius 2 is 1.95 bits per heavy atom. The molecule has 1 aromatic carbocycles. The number of esters is 1. The third-order valence-corrected chi connectivity index (χ3v) is 3.84. The van der Waals surface area contributed by atoms with Crippen LogP contribution in [0.25, 0.3) is 0 Å². The molecule has 1 aromatic rings. The normalized spacial score (nSPS) is 17.1. The van der Waals surface area contributed by atoms with Crippen LogP contribution in [0.5, 0.6) is 0 Å². The minimum Gasteiger partial charge on any atom is -0.460 e. The summed E-state index contributed by atoms with van der Waals surface area (Å²) in [6.45, 7) is 2.83. The van der Waals surface area contributed by atoms with Crippen LogP contribution in [0.1, 0.15) is 24.8 Å². The number of hydrogen-bond donors (Lipinski definition) is 1. The number of rotatable bonds is 6. The number of carbonyl (C=O) groups excluding carboxylic acids is 1. The van der Waals surface area contributed by atoms with Crippen molar-refractivity contribution in [1.29, 1.82) is 0 Å². The molecule has 2 rings (SSSR count). The number of nitrogens with zero attached hydrogens (tertiary/aromatic N) is 1. The van der Waals surface area contributed by atoms with Gasteiger partial charge in [-0.1, -0.05) is 30.3 Å². The molecule has 0 aliphatic carbocycles. The lowest BCUT2D eigenvalue weighted by molar-refractivity contribution is -0.146. The molecule has 1 saturated heterocycles. The van der Waals surface area contributed by atoms with Crippen LogP contribution in [0.3, 0.4) is 0 Å². The maximum absolute atomic E-state index is 11.8. The third-order valence-electron chi connectivity index (χ3n) is 3.84. The van der Waals surface area contributed by atoms with E-state index >= 15 is 0 Å². The number of ether oxygens (including phenoxy) is 1. The second-order valence-electron chi connectivity index (χ2n) is 5.38. The van der Waals surface area contributed by atoms with Gasteiger partial charge in [-0.25, -0.2) is 0 Å². The molecule has 1 heterocycles. The predicted octanol–water partition coefficient (Wildman–Crippen LogP) is 1.82. The van der Waals surface area contributed by atoms with Gasteiger partial charge < -0.3 is 9.84 Å². The Morgan fingerprint density at radius 3 is 2.60 bits per heavy atom. The summed E-state index contributed by atoms with van der Waals surface area (Å²) in [6, 6.07) is 9.73. The van der Waals surface area contributed by atoms with Crippen LogP contribution in [0.15, 0.2) is 30.3 Å². The Bertz CT molecular complexity index is 399. The molecule has 4 heteroatoms. The molecule has 0 saturated carbocycles. The average molecular weight is 277 g/mol. The zero-order valence-corrected chi connectivity index (χ0v) is 11.8. The van der Waals surface area contributed by atoms with Crippen LogP contribution < -0.4 is 0 Å². The van der Waals surface area contributed by atoms with Gasteiger partial charge in [0.1, 0.15) is 6.61 Å². The van der Waals surface area contributed by atoms with Crippen molar-refractivity contribution >= 4 is 5.97 Å². The molecule has 1 aliphatic rings. The minimum atomic E-state index is -0.158. The quantitative estimate of drug-likeness (QED) is 0.806. The van der Waals surface area contributed by atoms with Crippen LogP contribution in [0.2, 0.25) is 0 Å². The highest BCUT2D eigenvalue weighted by Gasteiger charge is 2.20. The second-order valence-corrected chi connectivity index (χ2v) is 5.38. The SMILES string of the molecule is O=C(CN1CCC(CCO)CC1)OCc1ccccc1. The summed E-state index contributed by atoms with van der Waals surface area (Å²) in [5.74, 6) is 0.450. The standard InChI is InChI=1S/C16H23NO3/c18-11-8-14-6-9-17(10-7-14)12-16(19)20-13-15-4-2-1-3-5-15/h1-5,14,18H,6-13H2. The molecule has 0 unspecified atom stereocenters. The van der Waals surface area contributed by atoms with Gasteiger partial charge in [0.15, 0.2) is 0 Å². The fourth-order valence-electron chi connectivity index (χ4n) is 2.58. The van der Waals surface area contributed by atoms with Gasteiger partial charge in [0.2, 0.25) is 0 Å². The Kier molecular flexibility index (Phi) is 6.02. The summed E-state index contributed by atoms with van der Waals surface area (Å²) < 4.78 is 5.28. The van der Waals surface area contributed by atoms with Crippen molar-refractivity contribution in [2.24, 2.45) is 5.92 Å². The van der Waals surface area contributed by atoms with Crippen LogP contribution in [0, 0.1) is 5.92 Å². The van der Waals surface area contributed by atoms with Gasteiger partial charge >= 0.3 is 5.97 Å². The zero-order valence-electron chi connectivity index (χ0n) is 11.8. The fourth-order valence-corrected chi connectivity index (χ4v) is 2.58. The molecular formula is C16H23NO3. The summed E-state index contributed by atoms with van der Waals surface area (Å²) in [5.41, 5.74) is 1.02. The van der Waals surface area contributed by atoms with Crippen LogP contribution in [-0.4, -0.2) is 42.2 Å². The third kappa shape index (κ3) is 4.94. The van der Waals surface area contributed by atoms with Gasteiger partial charge in [-0.05, 0) is 43.8 Å². The largest absolute Gasteiger partial charge is 0.460 e. The van der Waals surface area contributed by atoms with Gasteiger partial charge in [0, 0.05) is 6.61 Å². The van der Waals surface area contributed by atoms with Crippen molar-refractivity contribution in [3.05, 3.63) is 35.9 Å². The summed E-state index contributed by atoms with van der Waals surface area (Å²) in [6.07, 6.45) is 3.01. The first-order chi connectivity index (χ1) is 9.78. The minimum absolute atomic E-state index is 0.158. The van der Waals surface area contributed by atoms with Crippen molar-refractivity contribution < 1.29 is 14.6 Å². The molecule has 0 bridgehead atoms. The summed E-state index contributed by atoms with van der Waals surface area (Å²) >= 11 is 0. The van der Waals surface area contributed by atoms with Gasteiger partial charge in [0.25, 0.3) is 0 Å². The molecule has 0 radical (unpaired) electrons. The zero-order chi connectivity index (χ0) is 14.2. The molecule has 20 heavy (non-hydrogen) atoms. The van der Waals surface area contributed by atoms with Crippen molar-refractivity contribution in [3.63, 3.8) is 0 Å². The van der Waals surface area contributed by atoms with Crippen molar-refractivity contribution in [2.75, 3.05) is 26.2 Å². The lowest BCUT2D eigenvalue weighted by atomic mass is 9.94. The van der Waals surface area contributed by atoms with Crippen LogP contribution >= 0.6 is 0 Å². The van der Waals surface area contributed by atoms with Crippen molar-refractivity contribution in [1.82, 2.24) is 4.90 Å². The number of aliphatic hydroxyl groups is 1. The monoisotopic (exact) mass is 277 g/mol. The van der Waals surface area contributed by atoms with E-state index < -0.39 is 0 Å². The Balaban J connectivity index is 1.65. The van der Waals surface area contributed by atoms with E-state index in [0.29, 0.717) is 19.1 Å². The number of carbonyl (C=O) groups is 1. The van der Waals surface area contributed by atoms with E-state index in [1.54, 1.807) is 0 Å². The number of likely N-dealkylation sites (tertiary alicyclic amines) is 1. The highest BCUT2D eigenvalue weighted by molar-refractivity contribution is 5.71. The van der Waals surface area contributed by atoms with Gasteiger partial charge in [-0.15, -0.1) is 0 Å². The molecule has 0 atom stereocenters. The molecule has 110 valence electrons. The summed E-state index contributed by atoms with van der Waals surface area (Å²) in [7, 11) is 0. The first-order valence-electron chi connectivity index (χ1n) is 7.30. The summed E-state index contributed by atoms with van der Waals surface area (Å²) in [5, 5.41) is 8.92. The molecule has 1 fully saturated rings. The van der Waals surface area contributed by atoms with Gasteiger partial charge in [-0.2, -0.15) is 0 Å². The maximum Gasteiger partial charge on any atom is 0.320 e. The molecule has 0 spiro atoms. The fraction of sp³-hybridized carbons (Fsp3) is 0.562. The molecule has 1 N–H and O–H groups in total. The van der Waals surface area contributed by atoms with Crippen LogP contribution in [0.4, 0.5) is 0 Å². The number of aliphatic hydroxyl groups excluding tert-OH is 1. The van der Waals surface area contributed by atoms with E-state index in [0.717, 1.165) is 37.9 Å². The number of piperidine rings is 1. The second kappa shape index (κ2) is 8.02. The first-order valence-corrected chi connectivity index (χ1v) is 7.30. The molecule has 0 aromatic heterocycles. The Hall–Kier alpha value is -1.39. The molecule has 0 amide bonds. The molecule has 4 nitrogen and oxygen atoms in total. The summed E-state index contributed by atoms with van der Waals surface area (Å²) in [4.78, 5) is 13.9. The topological polar surface area (TPSA) is 49.8 Å². The number of hydrogen-bond acceptors (Lipinski definition) is 4. The van der Waals surface area contributed by atoms with Crippen molar-refractivity contribution in [2.45, 2.75) is 25.9 Å². The smallest absolute Gasteiger partial charge is 0.320 e. The highest BCUT2D eigenvalue weighted by Crippen LogP contribution is 2.19. The Labute approximate surface area is 120 Å². The van der Waals surface area contributed by atoms with E-state index in [1.807, 2.05) is 30.3 Å². The predicted molar refractivity (Wildman–Crippen MR) is 77.1 cm³/mol. The van der Waals surface area contributed by atoms with E-state index in [-0.39, 0.29) is 12.6 Å². The van der Waals surface area contributed by atoms with Gasteiger partial charge in [-0.3, -0.25) is 9.69 Å². The van der Waals surface area contributed by atoms with E-state index in [4.69, 9.17) is 9.84 Å². The average Bonchev–Trinajstić information content (AvgIpc) is 2.49. The van der Waals surface area contributed by atoms with Gasteiger partial charge in [0.05, 0.1) is 6.54 Å². The Morgan fingerprint density at radius 1 is 1.25 bits per heavy atom. The van der Waals surface area contributed by atoms with E-state index in [2.05, 4.69) is 4.90 Å². The number of benzene rings is 1. The molecular weight excluding hydrogens is 254 g/mol. The maximum atomic E-state index is 11.8. The lowest BCUT2D eigenvalue weighted by Gasteiger charge is -2.30.